The molecule has 2 bridgehead atoms. The largest absolute Gasteiger partial charge is 0.508 e. The summed E-state index contributed by atoms with van der Waals surface area (Å²) >= 11 is 0. The van der Waals surface area contributed by atoms with Crippen molar-refractivity contribution in [1.82, 2.24) is 19.9 Å². The molecule has 5 heterocycles. The van der Waals surface area contributed by atoms with Gasteiger partial charge in [0.05, 0.1) is 18.1 Å². The highest BCUT2D eigenvalue weighted by molar-refractivity contribution is 6.01. The van der Waals surface area contributed by atoms with Crippen molar-refractivity contribution in [1.29, 1.82) is 0 Å². The summed E-state index contributed by atoms with van der Waals surface area (Å²) < 4.78 is 37.9. The van der Waals surface area contributed by atoms with Crippen LogP contribution in [0.15, 0.2) is 36.5 Å². The van der Waals surface area contributed by atoms with Gasteiger partial charge in [-0.25, -0.2) is 8.78 Å². The van der Waals surface area contributed by atoms with E-state index in [2.05, 4.69) is 21.8 Å². The maximum absolute atomic E-state index is 16.8. The summed E-state index contributed by atoms with van der Waals surface area (Å²) in [6.45, 7) is 6.72. The zero-order valence-corrected chi connectivity index (χ0v) is 25.3. The number of phenols is 1. The maximum atomic E-state index is 16.8. The van der Waals surface area contributed by atoms with Gasteiger partial charge in [0.15, 0.2) is 5.82 Å². The topological polar surface area (TPSA) is 94.8 Å². The smallest absolute Gasteiger partial charge is 0.319 e. The monoisotopic (exact) mass is 603 g/mol. The lowest BCUT2D eigenvalue weighted by Gasteiger charge is -2.53. The molecule has 3 aliphatic heterocycles. The van der Waals surface area contributed by atoms with Gasteiger partial charge in [0.25, 0.3) is 0 Å². The van der Waals surface area contributed by atoms with Crippen molar-refractivity contribution in [3.8, 4) is 23.0 Å². The molecular formula is C34H39F2N5O3. The minimum absolute atomic E-state index is 0.0188. The Kier molecular flexibility index (Phi) is 7.53. The first-order valence-corrected chi connectivity index (χ1v) is 15.8. The third-order valence-electron chi connectivity index (χ3n) is 10.1. The van der Waals surface area contributed by atoms with Crippen molar-refractivity contribution in [2.24, 2.45) is 5.41 Å². The number of anilines is 1. The minimum Gasteiger partial charge on any atom is -0.508 e. The molecule has 0 spiro atoms. The van der Waals surface area contributed by atoms with Crippen LogP contribution in [0.2, 0.25) is 0 Å². The van der Waals surface area contributed by atoms with Crippen molar-refractivity contribution < 1.29 is 23.7 Å². The molecule has 5 atom stereocenters. The van der Waals surface area contributed by atoms with E-state index in [0.29, 0.717) is 49.2 Å². The molecule has 44 heavy (non-hydrogen) atoms. The first-order valence-electron chi connectivity index (χ1n) is 15.8. The Morgan fingerprint density at radius 1 is 1.14 bits per heavy atom. The van der Waals surface area contributed by atoms with Crippen LogP contribution in [0.1, 0.15) is 51.5 Å². The quantitative estimate of drug-likeness (QED) is 0.286. The van der Waals surface area contributed by atoms with Gasteiger partial charge >= 0.3 is 6.01 Å². The molecule has 3 aliphatic rings. The third-order valence-corrected chi connectivity index (χ3v) is 10.1. The molecule has 3 saturated heterocycles. The molecule has 232 valence electrons. The van der Waals surface area contributed by atoms with Crippen LogP contribution in [0.5, 0.6) is 11.8 Å². The molecule has 7 rings (SSSR count). The van der Waals surface area contributed by atoms with Crippen LogP contribution in [0.4, 0.5) is 14.6 Å². The van der Waals surface area contributed by atoms with Gasteiger partial charge < -0.3 is 19.8 Å². The summed E-state index contributed by atoms with van der Waals surface area (Å²) in [5.74, 6) is -0.159. The summed E-state index contributed by atoms with van der Waals surface area (Å²) in [7, 11) is 0. The van der Waals surface area contributed by atoms with Crippen LogP contribution >= 0.6 is 0 Å². The van der Waals surface area contributed by atoms with Crippen LogP contribution in [-0.2, 0) is 6.42 Å². The first kappa shape index (κ1) is 29.1. The van der Waals surface area contributed by atoms with Crippen molar-refractivity contribution in [3.63, 3.8) is 0 Å². The number of ether oxygens (including phenoxy) is 1. The standard InChI is InChI=1S/C34H39F2N5O3/c1-3-21-7-4-8-22-13-25(43)14-26(28(21)22)30-29(36)31-27(16-37-30)32(41-11-5-9-24(42)18-41)39-33(38-31)44-19-34-10-6-12-40(20(34)2)17-23(35)15-34/h4,7-8,13-14,16,20,23-24,42-43H,3,5-6,9-12,15,17-19H2,1-2H3/t20?,23-,24+,34+/m1/s1. The second kappa shape index (κ2) is 11.4. The van der Waals surface area contributed by atoms with Gasteiger partial charge in [0, 0.05) is 42.9 Å². The Morgan fingerprint density at radius 3 is 2.82 bits per heavy atom. The highest BCUT2D eigenvalue weighted by atomic mass is 19.1. The number of aliphatic hydroxyl groups is 1. The summed E-state index contributed by atoms with van der Waals surface area (Å²) in [5, 5.41) is 23.1. The lowest BCUT2D eigenvalue weighted by molar-refractivity contribution is -0.0790. The maximum Gasteiger partial charge on any atom is 0.319 e. The number of halogens is 2. The fourth-order valence-electron chi connectivity index (χ4n) is 7.80. The zero-order chi connectivity index (χ0) is 30.6. The molecule has 2 aromatic heterocycles. The Morgan fingerprint density at radius 2 is 2.00 bits per heavy atom. The van der Waals surface area contributed by atoms with Gasteiger partial charge in [0.2, 0.25) is 0 Å². The van der Waals surface area contributed by atoms with E-state index >= 15 is 4.39 Å². The van der Waals surface area contributed by atoms with E-state index in [0.717, 1.165) is 48.6 Å². The van der Waals surface area contributed by atoms with Gasteiger partial charge in [-0.3, -0.25) is 9.88 Å². The average molecular weight is 604 g/mol. The molecule has 3 fully saturated rings. The van der Waals surface area contributed by atoms with Crippen molar-refractivity contribution in [2.45, 2.75) is 70.7 Å². The van der Waals surface area contributed by atoms with E-state index in [1.54, 1.807) is 18.3 Å². The van der Waals surface area contributed by atoms with E-state index < -0.39 is 18.1 Å². The highest BCUT2D eigenvalue weighted by Crippen LogP contribution is 2.45. The fourth-order valence-corrected chi connectivity index (χ4v) is 7.80. The molecule has 0 amide bonds. The first-order chi connectivity index (χ1) is 21.3. The number of rotatable bonds is 6. The van der Waals surface area contributed by atoms with Crippen molar-refractivity contribution in [2.75, 3.05) is 37.7 Å². The van der Waals surface area contributed by atoms with Crippen LogP contribution < -0.4 is 9.64 Å². The number of aryl methyl sites for hydroxylation is 1. The van der Waals surface area contributed by atoms with E-state index in [1.807, 2.05) is 30.0 Å². The molecule has 0 aliphatic carbocycles. The Labute approximate surface area is 255 Å². The SMILES string of the molecule is CCc1cccc2cc(O)cc(-c3ncc4c(N5CCC[C@H](O)C5)nc(OC[C@]56CCCN(C[C@H](F)C5)C6C)nc4c3F)c12. The van der Waals surface area contributed by atoms with E-state index in [-0.39, 0.29) is 41.0 Å². The van der Waals surface area contributed by atoms with Crippen LogP contribution in [-0.4, -0.2) is 81.2 Å². The number of nitrogens with zero attached hydrogens (tertiary/aromatic N) is 5. The van der Waals surface area contributed by atoms with Crippen LogP contribution in [0.25, 0.3) is 32.9 Å². The molecule has 2 aromatic carbocycles. The number of aromatic hydroxyl groups is 1. The van der Waals surface area contributed by atoms with Gasteiger partial charge in [-0.15, -0.1) is 0 Å². The predicted molar refractivity (Wildman–Crippen MR) is 166 cm³/mol. The minimum atomic E-state index is -0.922. The Bertz CT molecular complexity index is 1720. The third kappa shape index (κ3) is 5.01. The van der Waals surface area contributed by atoms with Crippen molar-refractivity contribution >= 4 is 27.5 Å². The number of fused-ring (bicyclic) bond motifs is 4. The lowest BCUT2D eigenvalue weighted by Crippen LogP contribution is -2.60. The molecule has 2 N–H and O–H groups in total. The summed E-state index contributed by atoms with van der Waals surface area (Å²) in [5.41, 5.74) is 1.26. The molecule has 10 heteroatoms. The number of alkyl halides is 1. The average Bonchev–Trinajstić information content (AvgIpc) is 3.00. The normalized spacial score (nSPS) is 27.2. The number of pyridine rings is 1. The summed E-state index contributed by atoms with van der Waals surface area (Å²) in [6, 6.07) is 9.21. The molecule has 0 saturated carbocycles. The molecular weight excluding hydrogens is 564 g/mol. The summed E-state index contributed by atoms with van der Waals surface area (Å²) in [4.78, 5) is 18.1. The second-order valence-corrected chi connectivity index (χ2v) is 12.8. The van der Waals surface area contributed by atoms with Crippen molar-refractivity contribution in [3.05, 3.63) is 47.9 Å². The lowest BCUT2D eigenvalue weighted by atomic mass is 9.68. The van der Waals surface area contributed by atoms with Gasteiger partial charge in [-0.1, -0.05) is 25.1 Å². The molecule has 8 nitrogen and oxygen atoms in total. The van der Waals surface area contributed by atoms with Gasteiger partial charge in [-0.05, 0) is 80.5 Å². The molecule has 0 radical (unpaired) electrons. The van der Waals surface area contributed by atoms with Gasteiger partial charge in [0.1, 0.15) is 28.9 Å². The number of aliphatic hydroxyl groups excluding tert-OH is 1. The number of phenolic OH excluding ortho intramolecular Hbond substituents is 1. The summed E-state index contributed by atoms with van der Waals surface area (Å²) in [6.07, 6.45) is 4.53. The second-order valence-electron chi connectivity index (χ2n) is 12.8. The number of benzene rings is 2. The van der Waals surface area contributed by atoms with E-state index in [9.17, 15) is 14.6 Å². The molecule has 4 aromatic rings. The highest BCUT2D eigenvalue weighted by Gasteiger charge is 2.48. The number of piperidine rings is 3. The predicted octanol–water partition coefficient (Wildman–Crippen LogP) is 5.80. The van der Waals surface area contributed by atoms with Crippen LogP contribution in [0.3, 0.4) is 0 Å². The Balaban J connectivity index is 1.35. The number of β-amino-alcohol motifs (C(OH)–C–C–N with tert-alkyl or cyclic N) is 1. The zero-order valence-electron chi connectivity index (χ0n) is 25.3. The number of hydrogen-bond donors (Lipinski definition) is 2. The number of hydrogen-bond acceptors (Lipinski definition) is 8. The van der Waals surface area contributed by atoms with E-state index in [4.69, 9.17) is 9.72 Å². The number of aromatic nitrogens is 3. The van der Waals surface area contributed by atoms with E-state index in [1.165, 1.54) is 0 Å². The fraction of sp³-hybridized carbons (Fsp3) is 0.500. The van der Waals surface area contributed by atoms with Gasteiger partial charge in [-0.2, -0.15) is 9.97 Å². The Hall–Kier alpha value is -3.63. The van der Waals surface area contributed by atoms with Crippen LogP contribution in [0, 0.1) is 11.2 Å². The molecule has 2 unspecified atom stereocenters.